The SMILES string of the molecule is COC(=O)c1ccc2c(c1)NCC(C)N2C(C)C. The number of fused-ring (bicyclic) bond motifs is 1. The molecule has 98 valence electrons. The quantitative estimate of drug-likeness (QED) is 0.816. The minimum atomic E-state index is -0.297. The van der Waals surface area contributed by atoms with Crippen molar-refractivity contribution in [3.05, 3.63) is 23.8 Å². The van der Waals surface area contributed by atoms with Crippen LogP contribution in [0.25, 0.3) is 0 Å². The lowest BCUT2D eigenvalue weighted by atomic mass is 10.1. The summed E-state index contributed by atoms with van der Waals surface area (Å²) < 4.78 is 4.74. The van der Waals surface area contributed by atoms with E-state index in [0.29, 0.717) is 17.6 Å². The van der Waals surface area contributed by atoms with Crippen molar-refractivity contribution in [2.45, 2.75) is 32.9 Å². The number of carbonyl (C=O) groups excluding carboxylic acids is 1. The second-order valence-electron chi connectivity index (χ2n) is 4.95. The average Bonchev–Trinajstić information content (AvgIpc) is 2.36. The molecule has 0 saturated carbocycles. The van der Waals surface area contributed by atoms with Gasteiger partial charge in [-0.15, -0.1) is 0 Å². The molecule has 1 N–H and O–H groups in total. The Kier molecular flexibility index (Phi) is 3.45. The van der Waals surface area contributed by atoms with Gasteiger partial charge in [-0.25, -0.2) is 4.79 Å². The first-order chi connectivity index (χ1) is 8.54. The van der Waals surface area contributed by atoms with Gasteiger partial charge in [0.2, 0.25) is 0 Å². The van der Waals surface area contributed by atoms with E-state index in [1.54, 1.807) is 0 Å². The Balaban J connectivity index is 2.40. The molecule has 1 heterocycles. The molecule has 18 heavy (non-hydrogen) atoms. The topological polar surface area (TPSA) is 41.6 Å². The van der Waals surface area contributed by atoms with Crippen LogP contribution in [0.3, 0.4) is 0 Å². The summed E-state index contributed by atoms with van der Waals surface area (Å²) in [5, 5.41) is 3.37. The molecule has 0 radical (unpaired) electrons. The first-order valence-electron chi connectivity index (χ1n) is 6.29. The molecular weight excluding hydrogens is 228 g/mol. The molecule has 0 fully saturated rings. The first-order valence-corrected chi connectivity index (χ1v) is 6.29. The maximum absolute atomic E-state index is 11.5. The van der Waals surface area contributed by atoms with Gasteiger partial charge in [-0.05, 0) is 39.0 Å². The van der Waals surface area contributed by atoms with Crippen LogP contribution < -0.4 is 10.2 Å². The number of methoxy groups -OCH3 is 1. The van der Waals surface area contributed by atoms with Gasteiger partial charge in [0.15, 0.2) is 0 Å². The van der Waals surface area contributed by atoms with Crippen LogP contribution >= 0.6 is 0 Å². The fraction of sp³-hybridized carbons (Fsp3) is 0.500. The van der Waals surface area contributed by atoms with Gasteiger partial charge in [0.05, 0.1) is 24.0 Å². The smallest absolute Gasteiger partial charge is 0.337 e. The van der Waals surface area contributed by atoms with Crippen molar-refractivity contribution in [3.63, 3.8) is 0 Å². The van der Waals surface area contributed by atoms with Crippen LogP contribution in [0.1, 0.15) is 31.1 Å². The van der Waals surface area contributed by atoms with Crippen molar-refractivity contribution in [3.8, 4) is 0 Å². The van der Waals surface area contributed by atoms with Crippen LogP contribution in [0.2, 0.25) is 0 Å². The highest BCUT2D eigenvalue weighted by atomic mass is 16.5. The summed E-state index contributed by atoms with van der Waals surface area (Å²) in [4.78, 5) is 13.9. The Morgan fingerprint density at radius 1 is 1.50 bits per heavy atom. The molecule has 0 saturated heterocycles. The van der Waals surface area contributed by atoms with Gasteiger partial charge in [-0.1, -0.05) is 0 Å². The molecule has 1 atom stereocenters. The van der Waals surface area contributed by atoms with Crippen molar-refractivity contribution in [2.75, 3.05) is 23.9 Å². The van der Waals surface area contributed by atoms with Gasteiger partial charge in [0.25, 0.3) is 0 Å². The average molecular weight is 248 g/mol. The van der Waals surface area contributed by atoms with Crippen LogP contribution in [0.5, 0.6) is 0 Å². The predicted octanol–water partition coefficient (Wildman–Crippen LogP) is 2.50. The number of hydrogen-bond donors (Lipinski definition) is 1. The Morgan fingerprint density at radius 2 is 2.22 bits per heavy atom. The highest BCUT2D eigenvalue weighted by molar-refractivity contribution is 5.92. The van der Waals surface area contributed by atoms with E-state index in [9.17, 15) is 4.79 Å². The zero-order chi connectivity index (χ0) is 13.3. The van der Waals surface area contributed by atoms with Gasteiger partial charge >= 0.3 is 5.97 Å². The van der Waals surface area contributed by atoms with Gasteiger partial charge in [0, 0.05) is 18.6 Å². The lowest BCUT2D eigenvalue weighted by Crippen LogP contribution is -2.46. The normalized spacial score (nSPS) is 18.3. The molecular formula is C14H20N2O2. The van der Waals surface area contributed by atoms with Crippen LogP contribution in [-0.2, 0) is 4.74 Å². The van der Waals surface area contributed by atoms with E-state index in [0.717, 1.165) is 17.9 Å². The maximum atomic E-state index is 11.5. The molecule has 0 amide bonds. The molecule has 0 spiro atoms. The van der Waals surface area contributed by atoms with Gasteiger partial charge in [-0.3, -0.25) is 0 Å². The standard InChI is InChI=1S/C14H20N2O2/c1-9(2)16-10(3)8-15-12-7-11(14(17)18-4)5-6-13(12)16/h5-7,9-10,15H,8H2,1-4H3. The summed E-state index contributed by atoms with van der Waals surface area (Å²) in [6.07, 6.45) is 0. The summed E-state index contributed by atoms with van der Waals surface area (Å²) in [5.74, 6) is -0.297. The lowest BCUT2D eigenvalue weighted by Gasteiger charge is -2.40. The number of anilines is 2. The fourth-order valence-corrected chi connectivity index (χ4v) is 2.53. The summed E-state index contributed by atoms with van der Waals surface area (Å²) in [6, 6.07) is 6.55. The second-order valence-corrected chi connectivity index (χ2v) is 4.95. The first kappa shape index (κ1) is 12.7. The van der Waals surface area contributed by atoms with E-state index in [1.807, 2.05) is 18.2 Å². The van der Waals surface area contributed by atoms with Crippen molar-refractivity contribution in [2.24, 2.45) is 0 Å². The summed E-state index contributed by atoms with van der Waals surface area (Å²) >= 11 is 0. The largest absolute Gasteiger partial charge is 0.465 e. The summed E-state index contributed by atoms with van der Waals surface area (Å²) in [7, 11) is 1.40. The molecule has 1 aliphatic rings. The van der Waals surface area contributed by atoms with Crippen molar-refractivity contribution in [1.29, 1.82) is 0 Å². The van der Waals surface area contributed by atoms with Crippen LogP contribution in [0.15, 0.2) is 18.2 Å². The number of esters is 1. The molecule has 0 bridgehead atoms. The second kappa shape index (κ2) is 4.88. The monoisotopic (exact) mass is 248 g/mol. The van der Waals surface area contributed by atoms with E-state index in [1.165, 1.54) is 7.11 Å². The highest BCUT2D eigenvalue weighted by Crippen LogP contribution is 2.33. The number of ether oxygens (including phenoxy) is 1. The predicted molar refractivity (Wildman–Crippen MR) is 73.3 cm³/mol. The van der Waals surface area contributed by atoms with Crippen LogP contribution in [0.4, 0.5) is 11.4 Å². The van der Waals surface area contributed by atoms with Crippen molar-refractivity contribution >= 4 is 17.3 Å². The molecule has 2 rings (SSSR count). The zero-order valence-corrected chi connectivity index (χ0v) is 11.4. The minimum Gasteiger partial charge on any atom is -0.465 e. The fourth-order valence-electron chi connectivity index (χ4n) is 2.53. The lowest BCUT2D eigenvalue weighted by molar-refractivity contribution is 0.0601. The highest BCUT2D eigenvalue weighted by Gasteiger charge is 2.25. The van der Waals surface area contributed by atoms with Gasteiger partial charge in [-0.2, -0.15) is 0 Å². The number of hydrogen-bond acceptors (Lipinski definition) is 4. The third-order valence-electron chi connectivity index (χ3n) is 3.31. The minimum absolute atomic E-state index is 0.297. The number of benzene rings is 1. The van der Waals surface area contributed by atoms with Crippen LogP contribution in [-0.4, -0.2) is 31.7 Å². The van der Waals surface area contributed by atoms with E-state index in [-0.39, 0.29) is 5.97 Å². The summed E-state index contributed by atoms with van der Waals surface area (Å²) in [5.41, 5.74) is 2.74. The third kappa shape index (κ3) is 2.15. The molecule has 4 heteroatoms. The Hall–Kier alpha value is -1.71. The van der Waals surface area contributed by atoms with Crippen molar-refractivity contribution < 1.29 is 9.53 Å². The Labute approximate surface area is 108 Å². The number of nitrogens with one attached hydrogen (secondary N) is 1. The maximum Gasteiger partial charge on any atom is 0.337 e. The molecule has 4 nitrogen and oxygen atoms in total. The zero-order valence-electron chi connectivity index (χ0n) is 11.4. The van der Waals surface area contributed by atoms with Crippen molar-refractivity contribution in [1.82, 2.24) is 0 Å². The van der Waals surface area contributed by atoms with Crippen LogP contribution in [0, 0.1) is 0 Å². The molecule has 1 aromatic rings. The number of nitrogens with zero attached hydrogens (tertiary/aromatic N) is 1. The number of carbonyl (C=O) groups is 1. The van der Waals surface area contributed by atoms with E-state index in [2.05, 4.69) is 31.0 Å². The third-order valence-corrected chi connectivity index (χ3v) is 3.31. The van der Waals surface area contributed by atoms with E-state index < -0.39 is 0 Å². The molecule has 0 aromatic heterocycles. The summed E-state index contributed by atoms with van der Waals surface area (Å²) in [6.45, 7) is 7.44. The molecule has 0 aliphatic carbocycles. The Morgan fingerprint density at radius 3 is 2.83 bits per heavy atom. The Bertz CT molecular complexity index is 457. The molecule has 1 aliphatic heterocycles. The molecule has 1 unspecified atom stereocenters. The van der Waals surface area contributed by atoms with Gasteiger partial charge < -0.3 is 15.0 Å². The molecule has 1 aromatic carbocycles. The van der Waals surface area contributed by atoms with E-state index in [4.69, 9.17) is 4.74 Å². The number of rotatable bonds is 2. The van der Waals surface area contributed by atoms with Gasteiger partial charge in [0.1, 0.15) is 0 Å². The van der Waals surface area contributed by atoms with E-state index >= 15 is 0 Å².